The van der Waals surface area contributed by atoms with Gasteiger partial charge in [-0.1, -0.05) is 18.2 Å². The van der Waals surface area contributed by atoms with Crippen LogP contribution in [-0.2, 0) is 10.0 Å². The summed E-state index contributed by atoms with van der Waals surface area (Å²) < 4.78 is 42.9. The van der Waals surface area contributed by atoms with Crippen LogP contribution < -0.4 is 10.0 Å². The van der Waals surface area contributed by atoms with E-state index in [0.717, 1.165) is 6.07 Å². The summed E-state index contributed by atoms with van der Waals surface area (Å²) in [5.74, 6) is -1.21. The SMILES string of the molecule is Cc1ccc(S(=O)(=O)Nc2ccccc2F)cc1C(=O)Nc1cnc2ccnn2c1. The molecule has 0 atom stereocenters. The van der Waals surface area contributed by atoms with E-state index in [2.05, 4.69) is 20.1 Å². The van der Waals surface area contributed by atoms with Gasteiger partial charge < -0.3 is 5.32 Å². The van der Waals surface area contributed by atoms with Crippen molar-refractivity contribution >= 4 is 33.0 Å². The molecule has 0 aliphatic carbocycles. The average molecular weight is 425 g/mol. The molecule has 2 aromatic heterocycles. The number of carbonyl (C=O) groups is 1. The van der Waals surface area contributed by atoms with Crippen molar-refractivity contribution in [3.63, 3.8) is 0 Å². The molecule has 2 heterocycles. The van der Waals surface area contributed by atoms with Gasteiger partial charge in [-0.25, -0.2) is 22.3 Å². The van der Waals surface area contributed by atoms with Gasteiger partial charge in [0.1, 0.15) is 5.82 Å². The van der Waals surface area contributed by atoms with Crippen LogP contribution >= 0.6 is 0 Å². The second-order valence-corrected chi connectivity index (χ2v) is 8.18. The molecule has 0 saturated heterocycles. The lowest BCUT2D eigenvalue weighted by molar-refractivity contribution is 0.102. The second-order valence-electron chi connectivity index (χ2n) is 6.49. The predicted molar refractivity (Wildman–Crippen MR) is 109 cm³/mol. The molecule has 0 radical (unpaired) electrons. The summed E-state index contributed by atoms with van der Waals surface area (Å²) in [4.78, 5) is 16.8. The number of sulfonamides is 1. The number of carbonyl (C=O) groups excluding carboxylic acids is 1. The molecule has 2 aromatic carbocycles. The summed E-state index contributed by atoms with van der Waals surface area (Å²) in [7, 11) is -4.10. The van der Waals surface area contributed by atoms with Gasteiger partial charge in [0.15, 0.2) is 5.65 Å². The Morgan fingerprint density at radius 1 is 1.13 bits per heavy atom. The van der Waals surface area contributed by atoms with Crippen LogP contribution in [0.25, 0.3) is 5.65 Å². The predicted octanol–water partition coefficient (Wildman–Crippen LogP) is 3.23. The Balaban J connectivity index is 1.62. The molecule has 0 aliphatic heterocycles. The van der Waals surface area contributed by atoms with Crippen LogP contribution in [0.1, 0.15) is 15.9 Å². The molecule has 1 amide bonds. The van der Waals surface area contributed by atoms with Gasteiger partial charge in [0, 0.05) is 11.6 Å². The zero-order chi connectivity index (χ0) is 21.3. The summed E-state index contributed by atoms with van der Waals surface area (Å²) in [5.41, 5.74) is 1.57. The number of nitrogens with one attached hydrogen (secondary N) is 2. The third kappa shape index (κ3) is 3.85. The Morgan fingerprint density at radius 2 is 1.93 bits per heavy atom. The number of fused-ring (bicyclic) bond motifs is 1. The van der Waals surface area contributed by atoms with Crippen molar-refractivity contribution in [1.29, 1.82) is 0 Å². The highest BCUT2D eigenvalue weighted by molar-refractivity contribution is 7.92. The van der Waals surface area contributed by atoms with Crippen molar-refractivity contribution in [1.82, 2.24) is 14.6 Å². The molecule has 30 heavy (non-hydrogen) atoms. The van der Waals surface area contributed by atoms with E-state index in [0.29, 0.717) is 16.9 Å². The summed E-state index contributed by atoms with van der Waals surface area (Å²) in [5, 5.41) is 6.74. The van der Waals surface area contributed by atoms with Crippen molar-refractivity contribution in [2.24, 2.45) is 0 Å². The number of aryl methyl sites for hydroxylation is 1. The van der Waals surface area contributed by atoms with Crippen LogP contribution in [0.15, 0.2) is 72.0 Å². The average Bonchev–Trinajstić information content (AvgIpc) is 3.17. The van der Waals surface area contributed by atoms with Gasteiger partial charge in [0.2, 0.25) is 0 Å². The number of nitrogens with zero attached hydrogens (tertiary/aromatic N) is 3. The molecular weight excluding hydrogens is 409 g/mol. The number of halogens is 1. The molecule has 4 rings (SSSR count). The van der Waals surface area contributed by atoms with Gasteiger partial charge in [0.25, 0.3) is 15.9 Å². The molecule has 2 N–H and O–H groups in total. The van der Waals surface area contributed by atoms with Crippen molar-refractivity contribution in [3.05, 3.63) is 84.1 Å². The Labute approximate surface area is 171 Å². The number of hydrogen-bond donors (Lipinski definition) is 2. The zero-order valence-corrected chi connectivity index (χ0v) is 16.5. The maximum absolute atomic E-state index is 13.8. The highest BCUT2D eigenvalue weighted by Gasteiger charge is 2.20. The summed E-state index contributed by atoms with van der Waals surface area (Å²) in [6.45, 7) is 1.69. The highest BCUT2D eigenvalue weighted by Crippen LogP contribution is 2.22. The van der Waals surface area contributed by atoms with E-state index in [-0.39, 0.29) is 16.1 Å². The molecule has 152 valence electrons. The topological polar surface area (TPSA) is 105 Å². The Morgan fingerprint density at radius 3 is 2.73 bits per heavy atom. The summed E-state index contributed by atoms with van der Waals surface area (Å²) in [6.07, 6.45) is 4.65. The van der Waals surface area contributed by atoms with Crippen LogP contribution in [-0.4, -0.2) is 28.9 Å². The van der Waals surface area contributed by atoms with Gasteiger partial charge in [-0.2, -0.15) is 5.10 Å². The second kappa shape index (κ2) is 7.56. The summed E-state index contributed by atoms with van der Waals surface area (Å²) >= 11 is 0. The molecule has 0 spiro atoms. The third-order valence-electron chi connectivity index (χ3n) is 4.39. The van der Waals surface area contributed by atoms with E-state index in [1.807, 2.05) is 0 Å². The molecule has 0 unspecified atom stereocenters. The monoisotopic (exact) mass is 425 g/mol. The van der Waals surface area contributed by atoms with Crippen LogP contribution in [0.3, 0.4) is 0 Å². The molecule has 4 aromatic rings. The van der Waals surface area contributed by atoms with E-state index in [1.165, 1.54) is 47.1 Å². The van der Waals surface area contributed by atoms with Gasteiger partial charge in [-0.3, -0.25) is 9.52 Å². The van der Waals surface area contributed by atoms with E-state index < -0.39 is 21.7 Å². The highest BCUT2D eigenvalue weighted by atomic mass is 32.2. The van der Waals surface area contributed by atoms with Crippen LogP contribution in [0.2, 0.25) is 0 Å². The van der Waals surface area contributed by atoms with E-state index in [9.17, 15) is 17.6 Å². The lowest BCUT2D eigenvalue weighted by atomic mass is 10.1. The molecule has 0 aliphatic rings. The first kappa shape index (κ1) is 19.5. The Hall–Kier alpha value is -3.79. The lowest BCUT2D eigenvalue weighted by Gasteiger charge is -2.12. The lowest BCUT2D eigenvalue weighted by Crippen LogP contribution is -2.17. The van der Waals surface area contributed by atoms with E-state index in [4.69, 9.17) is 0 Å². The van der Waals surface area contributed by atoms with E-state index in [1.54, 1.807) is 25.4 Å². The van der Waals surface area contributed by atoms with Gasteiger partial charge in [-0.15, -0.1) is 0 Å². The minimum absolute atomic E-state index is 0.159. The maximum atomic E-state index is 13.8. The molecule has 10 heteroatoms. The fourth-order valence-corrected chi connectivity index (χ4v) is 3.93. The van der Waals surface area contributed by atoms with Crippen LogP contribution in [0.5, 0.6) is 0 Å². The fraction of sp³-hybridized carbons (Fsp3) is 0.0500. The largest absolute Gasteiger partial charge is 0.319 e. The Kier molecular flexibility index (Phi) is 4.92. The number of amides is 1. The number of aromatic nitrogens is 3. The standard InChI is InChI=1S/C20H16FN5O3S/c1-13-6-7-15(30(28,29)25-18-5-3-2-4-17(18)21)10-16(13)20(27)24-14-11-22-19-8-9-23-26(19)12-14/h2-12,25H,1H3,(H,24,27). The first-order chi connectivity index (χ1) is 14.3. The van der Waals surface area contributed by atoms with Crippen molar-refractivity contribution in [3.8, 4) is 0 Å². The number of para-hydroxylation sites is 1. The zero-order valence-electron chi connectivity index (χ0n) is 15.7. The van der Waals surface area contributed by atoms with Crippen LogP contribution in [0.4, 0.5) is 15.8 Å². The fourth-order valence-electron chi connectivity index (χ4n) is 2.83. The van der Waals surface area contributed by atoms with Gasteiger partial charge >= 0.3 is 0 Å². The van der Waals surface area contributed by atoms with Crippen molar-refractivity contribution < 1.29 is 17.6 Å². The third-order valence-corrected chi connectivity index (χ3v) is 5.75. The quantitative estimate of drug-likeness (QED) is 0.511. The number of anilines is 2. The maximum Gasteiger partial charge on any atom is 0.262 e. The molecule has 8 nitrogen and oxygen atoms in total. The first-order valence-corrected chi connectivity index (χ1v) is 10.3. The van der Waals surface area contributed by atoms with Crippen molar-refractivity contribution in [2.45, 2.75) is 11.8 Å². The number of benzene rings is 2. The summed E-state index contributed by atoms with van der Waals surface area (Å²) in [6, 6.07) is 11.3. The van der Waals surface area contributed by atoms with E-state index >= 15 is 0 Å². The minimum atomic E-state index is -4.10. The Bertz CT molecular complexity index is 1370. The molecule has 0 fully saturated rings. The smallest absolute Gasteiger partial charge is 0.262 e. The number of hydrogen-bond acceptors (Lipinski definition) is 5. The van der Waals surface area contributed by atoms with Gasteiger partial charge in [-0.05, 0) is 36.8 Å². The minimum Gasteiger partial charge on any atom is -0.319 e. The molecule has 0 bridgehead atoms. The first-order valence-electron chi connectivity index (χ1n) is 8.82. The number of rotatable bonds is 5. The van der Waals surface area contributed by atoms with Crippen molar-refractivity contribution in [2.75, 3.05) is 10.0 Å². The molecule has 0 saturated carbocycles. The van der Waals surface area contributed by atoms with Crippen LogP contribution in [0, 0.1) is 12.7 Å². The molecular formula is C20H16FN5O3S. The normalized spacial score (nSPS) is 11.4. The van der Waals surface area contributed by atoms with Gasteiger partial charge in [0.05, 0.1) is 34.9 Å².